The van der Waals surface area contributed by atoms with Gasteiger partial charge >= 0.3 is 0 Å². The van der Waals surface area contributed by atoms with Gasteiger partial charge in [-0.25, -0.2) is 5.43 Å². The highest BCUT2D eigenvalue weighted by atomic mass is 35.5. The molecular weight excluding hydrogens is 473 g/mol. The lowest BCUT2D eigenvalue weighted by Crippen LogP contribution is -2.30. The van der Waals surface area contributed by atoms with Crippen LogP contribution in [-0.2, 0) is 9.59 Å². The van der Waals surface area contributed by atoms with E-state index in [-0.39, 0.29) is 11.8 Å². The summed E-state index contributed by atoms with van der Waals surface area (Å²) >= 11 is 18.0. The normalized spacial score (nSPS) is 20.3. The molecule has 0 bridgehead atoms. The van der Waals surface area contributed by atoms with Gasteiger partial charge in [0.1, 0.15) is 10.1 Å². The standard InChI is InChI=1S/C23H24Cl3N3O3/c1-13-11-17(24)7-10-19(13)32-15(3)20(30)27-18-8-5-16(6-9-18)14(2)28-29-21(31)22(4)12-23(22,25)26/h5-11,15H,12H2,1-4H3,(H,27,30)(H,29,31)/t15-,22-/m0/s1. The number of hydrogen-bond donors (Lipinski definition) is 2. The van der Waals surface area contributed by atoms with E-state index in [4.69, 9.17) is 39.5 Å². The van der Waals surface area contributed by atoms with Gasteiger partial charge in [0, 0.05) is 10.7 Å². The SMILES string of the molecule is CC(=NNC(=O)[C@]1(C)CC1(Cl)Cl)c1ccc(NC(=O)[C@H](C)Oc2ccc(Cl)cc2C)cc1. The van der Waals surface area contributed by atoms with Crippen molar-refractivity contribution in [1.29, 1.82) is 0 Å². The molecule has 2 N–H and O–H groups in total. The van der Waals surface area contributed by atoms with Crippen LogP contribution in [0.4, 0.5) is 5.69 Å². The van der Waals surface area contributed by atoms with Crippen molar-refractivity contribution in [1.82, 2.24) is 5.43 Å². The summed E-state index contributed by atoms with van der Waals surface area (Å²) in [7, 11) is 0. The van der Waals surface area contributed by atoms with E-state index in [2.05, 4.69) is 15.8 Å². The molecule has 3 rings (SSSR count). The molecule has 0 heterocycles. The zero-order chi connectivity index (χ0) is 23.7. The quantitative estimate of drug-likeness (QED) is 0.303. The van der Waals surface area contributed by atoms with Crippen LogP contribution in [0.15, 0.2) is 47.6 Å². The molecular formula is C23H24Cl3N3O3. The van der Waals surface area contributed by atoms with Crippen LogP contribution in [-0.4, -0.2) is 28.0 Å². The van der Waals surface area contributed by atoms with Crippen molar-refractivity contribution in [3.8, 4) is 5.75 Å². The summed E-state index contributed by atoms with van der Waals surface area (Å²) in [6.07, 6.45) is -0.315. The van der Waals surface area contributed by atoms with Gasteiger partial charge in [-0.3, -0.25) is 9.59 Å². The van der Waals surface area contributed by atoms with Crippen LogP contribution < -0.4 is 15.5 Å². The summed E-state index contributed by atoms with van der Waals surface area (Å²) in [5.74, 6) is -0.00868. The third-order valence-electron chi connectivity index (χ3n) is 5.46. The number of hydrazone groups is 1. The third kappa shape index (κ3) is 5.37. The average Bonchev–Trinajstić information content (AvgIpc) is 3.27. The van der Waals surface area contributed by atoms with Crippen molar-refractivity contribution in [3.63, 3.8) is 0 Å². The zero-order valence-electron chi connectivity index (χ0n) is 18.1. The van der Waals surface area contributed by atoms with Gasteiger partial charge in [0.25, 0.3) is 5.91 Å². The first-order valence-electron chi connectivity index (χ1n) is 9.99. The Morgan fingerprint density at radius 1 is 1.16 bits per heavy atom. The maximum Gasteiger partial charge on any atom is 0.265 e. The Morgan fingerprint density at radius 3 is 2.34 bits per heavy atom. The molecule has 0 spiro atoms. The van der Waals surface area contributed by atoms with Gasteiger partial charge < -0.3 is 10.1 Å². The fraction of sp³-hybridized carbons (Fsp3) is 0.348. The van der Waals surface area contributed by atoms with Gasteiger partial charge in [-0.2, -0.15) is 5.10 Å². The topological polar surface area (TPSA) is 79.8 Å². The number of benzene rings is 2. The van der Waals surface area contributed by atoms with E-state index in [1.807, 2.05) is 6.92 Å². The Balaban J connectivity index is 1.56. The van der Waals surface area contributed by atoms with Crippen molar-refractivity contribution >= 4 is 58.0 Å². The summed E-state index contributed by atoms with van der Waals surface area (Å²) in [5.41, 5.74) is 4.53. The van der Waals surface area contributed by atoms with Crippen molar-refractivity contribution in [2.24, 2.45) is 10.5 Å². The first-order chi connectivity index (χ1) is 14.9. The maximum atomic E-state index is 12.5. The van der Waals surface area contributed by atoms with E-state index in [1.165, 1.54) is 0 Å². The highest BCUT2D eigenvalue weighted by Gasteiger charge is 2.68. The molecule has 2 aromatic rings. The number of hydrogen-bond acceptors (Lipinski definition) is 4. The molecule has 2 amide bonds. The summed E-state index contributed by atoms with van der Waals surface area (Å²) < 4.78 is 4.70. The fourth-order valence-corrected chi connectivity index (χ4v) is 3.93. The van der Waals surface area contributed by atoms with E-state index in [1.54, 1.807) is 63.2 Å². The minimum Gasteiger partial charge on any atom is -0.481 e. The molecule has 6 nitrogen and oxygen atoms in total. The smallest absolute Gasteiger partial charge is 0.265 e. The van der Waals surface area contributed by atoms with Crippen LogP contribution in [0.1, 0.15) is 38.3 Å². The van der Waals surface area contributed by atoms with Gasteiger partial charge in [0.15, 0.2) is 6.10 Å². The molecule has 32 heavy (non-hydrogen) atoms. The fourth-order valence-electron chi connectivity index (χ4n) is 3.00. The van der Waals surface area contributed by atoms with Crippen molar-refractivity contribution in [2.45, 2.75) is 44.6 Å². The van der Waals surface area contributed by atoms with E-state index in [9.17, 15) is 9.59 Å². The molecule has 0 unspecified atom stereocenters. The van der Waals surface area contributed by atoms with Gasteiger partial charge in [-0.1, -0.05) is 23.7 Å². The number of rotatable bonds is 7. The molecule has 0 aliphatic heterocycles. The molecule has 1 fully saturated rings. The van der Waals surface area contributed by atoms with Gasteiger partial charge in [-0.15, -0.1) is 23.2 Å². The summed E-state index contributed by atoms with van der Waals surface area (Å²) in [4.78, 5) is 24.7. The van der Waals surface area contributed by atoms with Crippen molar-refractivity contribution in [2.75, 3.05) is 5.32 Å². The molecule has 9 heteroatoms. The van der Waals surface area contributed by atoms with Crippen molar-refractivity contribution < 1.29 is 14.3 Å². The van der Waals surface area contributed by atoms with Crippen LogP contribution in [0.5, 0.6) is 5.75 Å². The number of halogens is 3. The minimum atomic E-state index is -1.05. The van der Waals surface area contributed by atoms with E-state index in [0.29, 0.717) is 28.6 Å². The van der Waals surface area contributed by atoms with Crippen LogP contribution in [0, 0.1) is 12.3 Å². The average molecular weight is 497 g/mol. The summed E-state index contributed by atoms with van der Waals surface area (Å²) in [6, 6.07) is 12.3. The Bertz CT molecular complexity index is 1070. The Labute approximate surface area is 202 Å². The molecule has 2 atom stereocenters. The second-order valence-electron chi connectivity index (χ2n) is 8.09. The number of carbonyl (C=O) groups is 2. The van der Waals surface area contributed by atoms with E-state index in [0.717, 1.165) is 11.1 Å². The van der Waals surface area contributed by atoms with E-state index >= 15 is 0 Å². The van der Waals surface area contributed by atoms with Crippen molar-refractivity contribution in [3.05, 3.63) is 58.6 Å². The molecule has 1 aliphatic rings. The second-order valence-corrected chi connectivity index (χ2v) is 10.0. The molecule has 170 valence electrons. The number of alkyl halides is 2. The molecule has 1 aliphatic carbocycles. The number of nitrogens with zero attached hydrogens (tertiary/aromatic N) is 1. The highest BCUT2D eigenvalue weighted by molar-refractivity contribution is 6.53. The summed E-state index contributed by atoms with van der Waals surface area (Å²) in [6.45, 7) is 7.00. The minimum absolute atomic E-state index is 0.284. The molecule has 0 radical (unpaired) electrons. The lowest BCUT2D eigenvalue weighted by Gasteiger charge is -2.16. The lowest BCUT2D eigenvalue weighted by atomic mass is 10.1. The molecule has 0 saturated heterocycles. The first kappa shape index (κ1) is 24.4. The van der Waals surface area contributed by atoms with Gasteiger partial charge in [-0.05, 0) is 75.6 Å². The van der Waals surface area contributed by atoms with Gasteiger partial charge in [0.2, 0.25) is 5.91 Å². The number of ether oxygens (including phenoxy) is 1. The monoisotopic (exact) mass is 495 g/mol. The Hall–Kier alpha value is -2.28. The third-order valence-corrected chi connectivity index (χ3v) is 6.80. The van der Waals surface area contributed by atoms with E-state index < -0.39 is 15.9 Å². The number of carbonyl (C=O) groups excluding carboxylic acids is 2. The van der Waals surface area contributed by atoms with Gasteiger partial charge in [0.05, 0.1) is 11.1 Å². The zero-order valence-corrected chi connectivity index (χ0v) is 20.4. The summed E-state index contributed by atoms with van der Waals surface area (Å²) in [5, 5.41) is 7.56. The largest absolute Gasteiger partial charge is 0.481 e. The van der Waals surface area contributed by atoms with Crippen LogP contribution >= 0.6 is 34.8 Å². The van der Waals surface area contributed by atoms with Crippen LogP contribution in [0.3, 0.4) is 0 Å². The lowest BCUT2D eigenvalue weighted by molar-refractivity contribution is -0.125. The van der Waals surface area contributed by atoms with Crippen LogP contribution in [0.25, 0.3) is 0 Å². The molecule has 2 aromatic carbocycles. The number of anilines is 1. The maximum absolute atomic E-state index is 12.5. The predicted octanol–water partition coefficient (Wildman–Crippen LogP) is 5.48. The Morgan fingerprint density at radius 2 is 1.78 bits per heavy atom. The van der Waals surface area contributed by atoms with Crippen LogP contribution in [0.2, 0.25) is 5.02 Å². The molecule has 1 saturated carbocycles. The Kier molecular flexibility index (Phi) is 7.08. The number of amides is 2. The first-order valence-corrected chi connectivity index (χ1v) is 11.1. The number of nitrogens with one attached hydrogen (secondary N) is 2. The molecule has 0 aromatic heterocycles. The number of aryl methyl sites for hydroxylation is 1. The predicted molar refractivity (Wildman–Crippen MR) is 129 cm³/mol. The highest BCUT2D eigenvalue weighted by Crippen LogP contribution is 2.63. The second kappa shape index (κ2) is 9.30.